The van der Waals surface area contributed by atoms with Gasteiger partial charge in [-0.2, -0.15) is 0 Å². The quantitative estimate of drug-likeness (QED) is 0.800. The highest BCUT2D eigenvalue weighted by atomic mass is 32.2. The molecule has 0 heterocycles. The van der Waals surface area contributed by atoms with E-state index < -0.39 is 0 Å². The summed E-state index contributed by atoms with van der Waals surface area (Å²) in [6, 6.07) is 18.4. The van der Waals surface area contributed by atoms with E-state index in [0.29, 0.717) is 6.61 Å². The Morgan fingerprint density at radius 3 is 2.56 bits per heavy atom. The zero-order valence-electron chi connectivity index (χ0n) is 10.4. The molecule has 0 aromatic heterocycles. The first-order valence-electron chi connectivity index (χ1n) is 5.92. The van der Waals surface area contributed by atoms with Crippen molar-refractivity contribution >= 4 is 11.9 Å². The van der Waals surface area contributed by atoms with Gasteiger partial charge in [-0.1, -0.05) is 54.4 Å². The van der Waals surface area contributed by atoms with E-state index in [0.717, 1.165) is 11.5 Å². The van der Waals surface area contributed by atoms with Gasteiger partial charge in [0.1, 0.15) is 12.4 Å². The first kappa shape index (κ1) is 13.0. The van der Waals surface area contributed by atoms with Crippen molar-refractivity contribution in [3.8, 4) is 5.75 Å². The first-order valence-corrected chi connectivity index (χ1v) is 6.91. The molecule has 0 saturated carbocycles. The van der Waals surface area contributed by atoms with Crippen LogP contribution in [0, 0.1) is 0 Å². The third kappa shape index (κ3) is 4.09. The lowest BCUT2D eigenvalue weighted by Crippen LogP contribution is -1.96. The van der Waals surface area contributed by atoms with Crippen molar-refractivity contribution in [2.45, 2.75) is 12.4 Å². The number of nitrogens with one attached hydrogen (secondary N) is 1. The normalized spacial score (nSPS) is 10.3. The molecule has 0 atom stereocenters. The lowest BCUT2D eigenvalue weighted by atomic mass is 10.2. The molecular formula is C15H17NOS. The summed E-state index contributed by atoms with van der Waals surface area (Å²) in [5.41, 5.74) is 2.45. The fraction of sp³-hybridized carbons (Fsp3) is 0.200. The van der Waals surface area contributed by atoms with Gasteiger partial charge >= 0.3 is 0 Å². The molecule has 0 bridgehead atoms. The molecule has 0 aliphatic heterocycles. The fourth-order valence-corrected chi connectivity index (χ4v) is 2.11. The maximum Gasteiger partial charge on any atom is 0.120 e. The minimum Gasteiger partial charge on any atom is -0.489 e. The Bertz CT molecular complexity index is 473. The third-order valence-electron chi connectivity index (χ3n) is 2.53. The Kier molecular flexibility index (Phi) is 5.12. The molecule has 0 radical (unpaired) electrons. The molecule has 0 unspecified atom stereocenters. The van der Waals surface area contributed by atoms with Crippen LogP contribution in [-0.4, -0.2) is 7.05 Å². The second-order valence-electron chi connectivity index (χ2n) is 3.91. The molecule has 0 saturated heterocycles. The third-order valence-corrected chi connectivity index (χ3v) is 3.30. The number of hydrogen-bond acceptors (Lipinski definition) is 3. The minimum atomic E-state index is 0.615. The molecule has 0 aliphatic carbocycles. The average molecular weight is 259 g/mol. The summed E-state index contributed by atoms with van der Waals surface area (Å²) in [4.78, 5) is 0. The highest BCUT2D eigenvalue weighted by Crippen LogP contribution is 2.17. The van der Waals surface area contributed by atoms with Crippen molar-refractivity contribution in [1.29, 1.82) is 0 Å². The lowest BCUT2D eigenvalue weighted by molar-refractivity contribution is 0.306. The van der Waals surface area contributed by atoms with Gasteiger partial charge in [0.2, 0.25) is 0 Å². The van der Waals surface area contributed by atoms with Crippen LogP contribution in [0.5, 0.6) is 5.75 Å². The monoisotopic (exact) mass is 259 g/mol. The maximum absolute atomic E-state index is 5.78. The average Bonchev–Trinajstić information content (AvgIpc) is 2.44. The number of rotatable bonds is 6. The Balaban J connectivity index is 1.93. The van der Waals surface area contributed by atoms with Gasteiger partial charge in [-0.15, -0.1) is 0 Å². The van der Waals surface area contributed by atoms with Gasteiger partial charge in [-0.3, -0.25) is 4.72 Å². The van der Waals surface area contributed by atoms with Crippen LogP contribution in [0.4, 0.5) is 0 Å². The molecule has 0 amide bonds. The van der Waals surface area contributed by atoms with E-state index in [1.165, 1.54) is 11.1 Å². The molecule has 3 heteroatoms. The second-order valence-corrected chi connectivity index (χ2v) is 4.90. The topological polar surface area (TPSA) is 21.3 Å². The van der Waals surface area contributed by atoms with Crippen molar-refractivity contribution in [1.82, 2.24) is 4.72 Å². The molecule has 18 heavy (non-hydrogen) atoms. The van der Waals surface area contributed by atoms with Crippen LogP contribution >= 0.6 is 11.9 Å². The minimum absolute atomic E-state index is 0.615. The molecule has 2 aromatic carbocycles. The van der Waals surface area contributed by atoms with Crippen LogP contribution in [0.2, 0.25) is 0 Å². The Morgan fingerprint density at radius 2 is 1.78 bits per heavy atom. The molecule has 0 fully saturated rings. The van der Waals surface area contributed by atoms with Crippen LogP contribution in [0.1, 0.15) is 11.1 Å². The predicted octanol–water partition coefficient (Wildman–Crippen LogP) is 3.63. The van der Waals surface area contributed by atoms with Crippen molar-refractivity contribution < 1.29 is 4.74 Å². The number of benzene rings is 2. The predicted molar refractivity (Wildman–Crippen MR) is 77.6 cm³/mol. The number of ether oxygens (including phenoxy) is 1. The first-order chi connectivity index (χ1) is 8.88. The summed E-state index contributed by atoms with van der Waals surface area (Å²) in [6.07, 6.45) is 0. The molecular weight excluding hydrogens is 242 g/mol. The smallest absolute Gasteiger partial charge is 0.120 e. The van der Waals surface area contributed by atoms with Crippen LogP contribution < -0.4 is 9.46 Å². The Labute approximate surface area is 113 Å². The second kappa shape index (κ2) is 7.09. The zero-order chi connectivity index (χ0) is 12.6. The Hall–Kier alpha value is -1.45. The molecule has 0 aliphatic rings. The van der Waals surface area contributed by atoms with Crippen molar-refractivity contribution in [3.05, 3.63) is 65.7 Å². The van der Waals surface area contributed by atoms with Crippen LogP contribution in [0.15, 0.2) is 54.6 Å². The van der Waals surface area contributed by atoms with Gasteiger partial charge in [0.15, 0.2) is 0 Å². The molecule has 2 rings (SSSR count). The standard InChI is InChI=1S/C15H17NOS/c1-16-18-12-14-8-5-9-15(10-14)17-11-13-6-3-2-4-7-13/h2-10,16H,11-12H2,1H3. The van der Waals surface area contributed by atoms with E-state index in [1.54, 1.807) is 11.9 Å². The van der Waals surface area contributed by atoms with E-state index >= 15 is 0 Å². The van der Waals surface area contributed by atoms with E-state index in [4.69, 9.17) is 4.74 Å². The van der Waals surface area contributed by atoms with Gasteiger partial charge in [-0.25, -0.2) is 0 Å². The largest absolute Gasteiger partial charge is 0.489 e. The summed E-state index contributed by atoms with van der Waals surface area (Å²) < 4.78 is 8.85. The van der Waals surface area contributed by atoms with Gasteiger partial charge in [0.05, 0.1) is 0 Å². The van der Waals surface area contributed by atoms with Gasteiger partial charge in [0.25, 0.3) is 0 Å². The zero-order valence-corrected chi connectivity index (χ0v) is 11.2. The fourth-order valence-electron chi connectivity index (χ4n) is 1.62. The van der Waals surface area contributed by atoms with Crippen LogP contribution in [0.25, 0.3) is 0 Å². The van der Waals surface area contributed by atoms with Crippen molar-refractivity contribution in [3.63, 3.8) is 0 Å². The highest BCUT2D eigenvalue weighted by molar-refractivity contribution is 7.96. The molecule has 1 N–H and O–H groups in total. The number of hydrogen-bond donors (Lipinski definition) is 1. The summed E-state index contributed by atoms with van der Waals surface area (Å²) in [5, 5.41) is 0. The van der Waals surface area contributed by atoms with Gasteiger partial charge < -0.3 is 4.74 Å². The van der Waals surface area contributed by atoms with Crippen LogP contribution in [-0.2, 0) is 12.4 Å². The highest BCUT2D eigenvalue weighted by Gasteiger charge is 1.98. The Morgan fingerprint density at radius 1 is 1.00 bits per heavy atom. The van der Waals surface area contributed by atoms with Crippen molar-refractivity contribution in [2.24, 2.45) is 0 Å². The summed E-state index contributed by atoms with van der Waals surface area (Å²) >= 11 is 1.68. The maximum atomic E-state index is 5.78. The molecule has 2 aromatic rings. The summed E-state index contributed by atoms with van der Waals surface area (Å²) in [5.74, 6) is 1.87. The SMILES string of the molecule is CNSCc1cccc(OCc2ccccc2)c1. The molecule has 94 valence electrons. The molecule has 2 nitrogen and oxygen atoms in total. The van der Waals surface area contributed by atoms with E-state index in [1.807, 2.05) is 37.4 Å². The van der Waals surface area contributed by atoms with Crippen LogP contribution in [0.3, 0.4) is 0 Å². The van der Waals surface area contributed by atoms with E-state index in [-0.39, 0.29) is 0 Å². The van der Waals surface area contributed by atoms with Gasteiger partial charge in [-0.05, 0) is 30.3 Å². The summed E-state index contributed by atoms with van der Waals surface area (Å²) in [6.45, 7) is 0.615. The van der Waals surface area contributed by atoms with E-state index in [9.17, 15) is 0 Å². The summed E-state index contributed by atoms with van der Waals surface area (Å²) in [7, 11) is 1.93. The van der Waals surface area contributed by atoms with Crippen molar-refractivity contribution in [2.75, 3.05) is 7.05 Å². The van der Waals surface area contributed by atoms with Gasteiger partial charge in [0, 0.05) is 5.75 Å². The molecule has 0 spiro atoms. The van der Waals surface area contributed by atoms with E-state index in [2.05, 4.69) is 29.0 Å². The lowest BCUT2D eigenvalue weighted by Gasteiger charge is -2.08.